The molecular weight excluding hydrogens is 719 g/mol. The summed E-state index contributed by atoms with van der Waals surface area (Å²) in [5, 5.41) is 3.90. The van der Waals surface area contributed by atoms with E-state index in [1.54, 1.807) is 28.7 Å². The molecule has 2 aliphatic rings. The zero-order valence-corrected chi connectivity index (χ0v) is 32.5. The number of nitrogens with zero attached hydrogens (tertiary/aromatic N) is 2. The number of rotatable bonds is 2. The summed E-state index contributed by atoms with van der Waals surface area (Å²) < 4.78 is 46.2. The Morgan fingerprint density at radius 1 is 0.642 bits per heavy atom. The first-order valence-corrected chi connectivity index (χ1v) is 20.5. The molecule has 8 aromatic rings. The fourth-order valence-electron chi connectivity index (χ4n) is 8.76. The number of anilines is 3. The molecule has 0 saturated carbocycles. The van der Waals surface area contributed by atoms with E-state index in [0.29, 0.717) is 28.0 Å². The van der Waals surface area contributed by atoms with Crippen LogP contribution in [0.15, 0.2) is 100 Å². The summed E-state index contributed by atoms with van der Waals surface area (Å²) in [5.41, 5.74) is 14.9. The third kappa shape index (κ3) is 4.35. The minimum Gasteiger partial charge on any atom is -0.399 e. The molecule has 0 spiro atoms. The van der Waals surface area contributed by atoms with Crippen molar-refractivity contribution in [3.05, 3.63) is 102 Å². The second-order valence-electron chi connectivity index (χ2n) is 15.3. The highest BCUT2D eigenvalue weighted by molar-refractivity contribution is 7.86. The van der Waals surface area contributed by atoms with Gasteiger partial charge < -0.3 is 15.5 Å². The first-order valence-electron chi connectivity index (χ1n) is 17.5. The van der Waals surface area contributed by atoms with Crippen molar-refractivity contribution in [1.82, 2.24) is 0 Å². The zero-order valence-electron chi connectivity index (χ0n) is 30.0. The third-order valence-electron chi connectivity index (χ3n) is 11.8. The molecule has 0 radical (unpaired) electrons. The molecule has 264 valence electrons. The molecule has 0 bridgehead atoms. The van der Waals surface area contributed by atoms with E-state index in [9.17, 15) is 13.0 Å². The monoisotopic (exact) mass is 754 g/mol. The maximum atomic E-state index is 13.1. The molecule has 3 aromatic heterocycles. The lowest BCUT2D eigenvalue weighted by atomic mass is 9.82. The maximum Gasteiger partial charge on any atom is 0.363 e. The van der Waals surface area contributed by atoms with Crippen molar-refractivity contribution in [1.29, 1.82) is 0 Å². The fourth-order valence-corrected chi connectivity index (χ4v) is 12.2. The summed E-state index contributed by atoms with van der Waals surface area (Å²) in [6.07, 6.45) is 0. The first kappa shape index (κ1) is 32.6. The summed E-state index contributed by atoms with van der Waals surface area (Å²) in [5.74, 6) is 0. The molecule has 0 aliphatic carbocycles. The molecule has 10 heteroatoms. The molecule has 0 fully saturated rings. The predicted molar refractivity (Wildman–Crippen MR) is 222 cm³/mol. The standard InChI is InChI=1S/C43H35N3O4S3/c1-42(2)38-23-11-7-9-13-34(23)51-40(38)25-18-27-32(20-30(25)45(42)5)50-33-21-31-26(19-28(33)37(27)29-17-22(44)15-16-36(29)53(47,48)49)41-39(43(3,4)46(31)6)24-12-8-10-14-35(24)52-41/h7-21H,44H2,1-6H3/p+1. The molecular formula is C43H36N3O4S3+. The van der Waals surface area contributed by atoms with Crippen molar-refractivity contribution in [2.75, 3.05) is 29.6 Å². The van der Waals surface area contributed by atoms with Crippen LogP contribution in [0.4, 0.5) is 17.1 Å². The summed E-state index contributed by atoms with van der Waals surface area (Å²) >= 11 is 3.53. The predicted octanol–water partition coefficient (Wildman–Crippen LogP) is 11.5. The normalized spacial score (nSPS) is 15.9. The molecule has 0 atom stereocenters. The summed E-state index contributed by atoms with van der Waals surface area (Å²) in [6, 6.07) is 30.0. The summed E-state index contributed by atoms with van der Waals surface area (Å²) in [7, 11) is -0.414. The number of nitrogens with two attached hydrogens (primary N) is 1. The highest BCUT2D eigenvalue weighted by Crippen LogP contribution is 2.58. The fraction of sp³-hybridized carbons (Fsp3) is 0.186. The zero-order chi connectivity index (χ0) is 36.9. The second-order valence-corrected chi connectivity index (χ2v) is 18.8. The molecule has 2 aliphatic heterocycles. The molecule has 3 N–H and O–H groups in total. The van der Waals surface area contributed by atoms with Crippen molar-refractivity contribution < 1.29 is 17.4 Å². The van der Waals surface area contributed by atoms with Gasteiger partial charge in [0.05, 0.1) is 45.4 Å². The van der Waals surface area contributed by atoms with E-state index in [1.807, 2.05) is 0 Å². The van der Waals surface area contributed by atoms with Gasteiger partial charge in [-0.2, -0.15) is 8.42 Å². The van der Waals surface area contributed by atoms with E-state index < -0.39 is 10.1 Å². The molecule has 0 amide bonds. The van der Waals surface area contributed by atoms with Crippen LogP contribution in [0.25, 0.3) is 74.1 Å². The van der Waals surface area contributed by atoms with Crippen molar-refractivity contribution in [3.63, 3.8) is 0 Å². The Hall–Kier alpha value is -5.00. The van der Waals surface area contributed by atoms with Gasteiger partial charge in [0.15, 0.2) is 0 Å². The quantitative estimate of drug-likeness (QED) is 0.0784. The topological polar surface area (TPSA) is 98.2 Å². The van der Waals surface area contributed by atoms with Gasteiger partial charge in [-0.3, -0.25) is 4.55 Å². The van der Waals surface area contributed by atoms with Gasteiger partial charge in [-0.15, -0.1) is 22.7 Å². The Morgan fingerprint density at radius 2 is 1.11 bits per heavy atom. The van der Waals surface area contributed by atoms with Gasteiger partial charge in [-0.1, -0.05) is 36.4 Å². The van der Waals surface area contributed by atoms with Crippen molar-refractivity contribution in [2.24, 2.45) is 0 Å². The van der Waals surface area contributed by atoms with E-state index >= 15 is 0 Å². The average molecular weight is 755 g/mol. The minimum absolute atomic E-state index is 0.211. The van der Waals surface area contributed by atoms with E-state index in [0.717, 1.165) is 33.3 Å². The van der Waals surface area contributed by atoms with Crippen LogP contribution in [0.2, 0.25) is 0 Å². The molecule has 5 aromatic carbocycles. The van der Waals surface area contributed by atoms with Crippen LogP contribution in [-0.2, 0) is 21.2 Å². The number of benzene rings is 5. The first-order chi connectivity index (χ1) is 25.2. The van der Waals surface area contributed by atoms with Crippen LogP contribution < -0.4 is 15.5 Å². The van der Waals surface area contributed by atoms with Gasteiger partial charge in [-0.25, -0.2) is 4.42 Å². The van der Waals surface area contributed by atoms with Gasteiger partial charge in [-0.05, 0) is 80.9 Å². The van der Waals surface area contributed by atoms with Crippen LogP contribution in [-0.4, -0.2) is 27.1 Å². The molecule has 10 rings (SSSR count). The molecule has 0 saturated heterocycles. The highest BCUT2D eigenvalue weighted by Gasteiger charge is 2.42. The second kappa shape index (κ2) is 10.6. The lowest BCUT2D eigenvalue weighted by Crippen LogP contribution is -2.41. The number of hydrogen-bond acceptors (Lipinski definition) is 7. The Labute approximate surface area is 315 Å². The Kier molecular flexibility index (Phi) is 6.51. The van der Waals surface area contributed by atoms with E-state index in [1.165, 1.54) is 53.2 Å². The summed E-state index contributed by atoms with van der Waals surface area (Å²) in [6.45, 7) is 8.99. The van der Waals surface area contributed by atoms with Crippen molar-refractivity contribution in [3.8, 4) is 32.0 Å². The van der Waals surface area contributed by atoms with Crippen LogP contribution in [0.3, 0.4) is 0 Å². The minimum atomic E-state index is -4.65. The SMILES string of the molecule is CN1c2cc3[o+]c4cc5c(cc4c(-c4cc(N)ccc4S(=O)(=O)O)c3cc2-c2sc3ccccc3c2C1(C)C)-c1sc2ccccc2c1C(C)(C)N5C. The Balaban J connectivity index is 1.38. The Bertz CT molecular complexity index is 2890. The lowest BCUT2D eigenvalue weighted by Gasteiger charge is -2.43. The van der Waals surface area contributed by atoms with E-state index in [4.69, 9.17) is 10.2 Å². The Morgan fingerprint density at radius 3 is 1.58 bits per heavy atom. The lowest BCUT2D eigenvalue weighted by molar-refractivity contribution is 0.483. The molecule has 0 unspecified atom stereocenters. The van der Waals surface area contributed by atoms with Crippen LogP contribution in [0.1, 0.15) is 38.8 Å². The van der Waals surface area contributed by atoms with Crippen LogP contribution in [0.5, 0.6) is 0 Å². The van der Waals surface area contributed by atoms with Gasteiger partial charge in [0, 0.05) is 72.3 Å². The van der Waals surface area contributed by atoms with E-state index in [-0.39, 0.29) is 16.0 Å². The van der Waals surface area contributed by atoms with Crippen molar-refractivity contribution in [2.45, 2.75) is 43.7 Å². The number of nitrogen functional groups attached to an aromatic ring is 1. The number of fused-ring (bicyclic) bond motifs is 12. The van der Waals surface area contributed by atoms with Gasteiger partial charge >= 0.3 is 11.2 Å². The molecule has 5 heterocycles. The average Bonchev–Trinajstić information content (AvgIpc) is 3.71. The smallest absolute Gasteiger partial charge is 0.363 e. The number of thiophene rings is 2. The molecule has 7 nitrogen and oxygen atoms in total. The van der Waals surface area contributed by atoms with Gasteiger partial charge in [0.2, 0.25) is 0 Å². The van der Waals surface area contributed by atoms with Crippen molar-refractivity contribution >= 4 is 92.0 Å². The maximum absolute atomic E-state index is 13.1. The highest BCUT2D eigenvalue weighted by atomic mass is 32.2. The van der Waals surface area contributed by atoms with Crippen LogP contribution in [0, 0.1) is 0 Å². The summed E-state index contributed by atoms with van der Waals surface area (Å²) in [4.78, 5) is 6.74. The molecule has 53 heavy (non-hydrogen) atoms. The van der Waals surface area contributed by atoms with Gasteiger partial charge in [0.1, 0.15) is 4.90 Å². The van der Waals surface area contributed by atoms with Crippen LogP contribution >= 0.6 is 22.7 Å². The van der Waals surface area contributed by atoms with Gasteiger partial charge in [0.25, 0.3) is 10.1 Å². The third-order valence-corrected chi connectivity index (χ3v) is 15.1. The van der Waals surface area contributed by atoms with E-state index in [2.05, 4.69) is 124 Å². The largest absolute Gasteiger partial charge is 0.399 e. The number of hydrogen-bond donors (Lipinski definition) is 2.